The number of hydrogen-bond acceptors (Lipinski definition) is 4. The lowest BCUT2D eigenvalue weighted by atomic mass is 9.93. The summed E-state index contributed by atoms with van der Waals surface area (Å²) in [5.41, 5.74) is 0.263. The molecule has 1 aliphatic heterocycles. The molecule has 1 atom stereocenters. The summed E-state index contributed by atoms with van der Waals surface area (Å²) in [5, 5.41) is 3.39. The van der Waals surface area contributed by atoms with Gasteiger partial charge >= 0.3 is 0 Å². The van der Waals surface area contributed by atoms with Crippen LogP contribution in [-0.4, -0.2) is 44.5 Å². The normalized spacial score (nSPS) is 20.9. The van der Waals surface area contributed by atoms with Crippen molar-refractivity contribution < 1.29 is 9.18 Å². The van der Waals surface area contributed by atoms with Gasteiger partial charge in [0.25, 0.3) is 5.91 Å². The highest BCUT2D eigenvalue weighted by Crippen LogP contribution is 2.56. The highest BCUT2D eigenvalue weighted by atomic mass is 19.1. The lowest BCUT2D eigenvalue weighted by Gasteiger charge is -2.29. The smallest absolute Gasteiger partial charge is 0.257 e. The van der Waals surface area contributed by atoms with Crippen LogP contribution in [0.15, 0.2) is 30.9 Å². The van der Waals surface area contributed by atoms with Crippen LogP contribution in [0.2, 0.25) is 0 Å². The Morgan fingerprint density at radius 1 is 1.42 bits per heavy atom. The number of carbonyl (C=O) groups excluding carboxylic acids is 1. The zero-order valence-electron chi connectivity index (χ0n) is 15.0. The van der Waals surface area contributed by atoms with Gasteiger partial charge in [-0.05, 0) is 50.8 Å². The van der Waals surface area contributed by atoms with Crippen LogP contribution in [0, 0.1) is 11.2 Å². The Bertz CT molecular complexity index is 799. The molecule has 2 aromatic rings. The monoisotopic (exact) mass is 357 g/mol. The number of aryl methyl sites for hydroxylation is 1. The molecule has 1 aliphatic carbocycles. The van der Waals surface area contributed by atoms with Crippen LogP contribution in [-0.2, 0) is 13.1 Å². The summed E-state index contributed by atoms with van der Waals surface area (Å²) in [6.45, 7) is 5.20. The van der Waals surface area contributed by atoms with E-state index in [0.717, 1.165) is 50.9 Å². The Labute approximate surface area is 152 Å². The summed E-state index contributed by atoms with van der Waals surface area (Å²) >= 11 is 0. The third-order valence-corrected chi connectivity index (χ3v) is 5.84. The highest BCUT2D eigenvalue weighted by Gasteiger charge is 2.58. The van der Waals surface area contributed by atoms with E-state index >= 15 is 0 Å². The number of hydrogen-bond donors (Lipinski definition) is 1. The summed E-state index contributed by atoms with van der Waals surface area (Å²) in [7, 11) is 0. The minimum Gasteiger partial charge on any atom is -0.334 e. The molecule has 1 saturated carbocycles. The number of aromatic nitrogens is 3. The van der Waals surface area contributed by atoms with Crippen LogP contribution in [0.4, 0.5) is 4.39 Å². The van der Waals surface area contributed by atoms with Crippen LogP contribution < -0.4 is 5.32 Å². The second-order valence-corrected chi connectivity index (χ2v) is 7.25. The maximum absolute atomic E-state index is 14.2. The van der Waals surface area contributed by atoms with E-state index in [2.05, 4.69) is 15.3 Å². The maximum Gasteiger partial charge on any atom is 0.257 e. The van der Waals surface area contributed by atoms with Crippen molar-refractivity contribution in [2.45, 2.75) is 45.3 Å². The molecular formula is C19H24FN5O. The first-order chi connectivity index (χ1) is 12.6. The predicted molar refractivity (Wildman–Crippen MR) is 94.9 cm³/mol. The molecule has 0 bridgehead atoms. The van der Waals surface area contributed by atoms with E-state index in [0.29, 0.717) is 6.54 Å². The minimum absolute atomic E-state index is 0.0885. The molecule has 6 nitrogen and oxygen atoms in total. The van der Waals surface area contributed by atoms with E-state index in [4.69, 9.17) is 0 Å². The van der Waals surface area contributed by atoms with Crippen molar-refractivity contribution in [3.63, 3.8) is 0 Å². The molecule has 1 spiro atoms. The van der Waals surface area contributed by atoms with Gasteiger partial charge in [-0.15, -0.1) is 0 Å². The van der Waals surface area contributed by atoms with Crippen molar-refractivity contribution in [1.29, 1.82) is 0 Å². The van der Waals surface area contributed by atoms with E-state index < -0.39 is 5.82 Å². The number of imidazole rings is 1. The van der Waals surface area contributed by atoms with Gasteiger partial charge in [-0.3, -0.25) is 9.78 Å². The summed E-state index contributed by atoms with van der Waals surface area (Å²) in [6, 6.07) is 1.61. The Hall–Kier alpha value is -2.28. The fraction of sp³-hybridized carbons (Fsp3) is 0.526. The minimum atomic E-state index is -0.568. The van der Waals surface area contributed by atoms with Gasteiger partial charge in [-0.1, -0.05) is 0 Å². The molecule has 0 radical (unpaired) electrons. The Morgan fingerprint density at radius 2 is 2.23 bits per heavy atom. The molecule has 1 N–H and O–H groups in total. The van der Waals surface area contributed by atoms with Crippen LogP contribution >= 0.6 is 0 Å². The number of pyridine rings is 1. The zero-order valence-corrected chi connectivity index (χ0v) is 15.0. The van der Waals surface area contributed by atoms with Gasteiger partial charge in [0, 0.05) is 31.2 Å². The molecule has 26 heavy (non-hydrogen) atoms. The molecule has 1 unspecified atom stereocenters. The first kappa shape index (κ1) is 17.1. The summed E-state index contributed by atoms with van der Waals surface area (Å²) in [5.74, 6) is 0.00334. The third kappa shape index (κ3) is 3.00. The number of piperidine rings is 1. The number of amides is 1. The molecule has 0 aromatic carbocycles. The van der Waals surface area contributed by atoms with E-state index in [9.17, 15) is 9.18 Å². The lowest BCUT2D eigenvalue weighted by molar-refractivity contribution is 0.0680. The molecule has 1 saturated heterocycles. The Morgan fingerprint density at radius 3 is 2.96 bits per heavy atom. The number of carbonyl (C=O) groups is 1. The molecule has 2 aromatic heterocycles. The van der Waals surface area contributed by atoms with Gasteiger partial charge < -0.3 is 14.8 Å². The molecular weight excluding hydrogens is 333 g/mol. The van der Waals surface area contributed by atoms with E-state index in [1.54, 1.807) is 6.20 Å². The predicted octanol–water partition coefficient (Wildman–Crippen LogP) is 2.22. The quantitative estimate of drug-likeness (QED) is 0.891. The van der Waals surface area contributed by atoms with Crippen LogP contribution in [0.3, 0.4) is 0 Å². The first-order valence-corrected chi connectivity index (χ1v) is 9.26. The van der Waals surface area contributed by atoms with Crippen molar-refractivity contribution in [3.8, 4) is 0 Å². The SMILES string of the molecule is CCn1ccnc1CN(C(=O)c1ccncc1F)C1CC12CCNCC2. The molecule has 3 heterocycles. The Balaban J connectivity index is 1.64. The summed E-state index contributed by atoms with van der Waals surface area (Å²) < 4.78 is 16.2. The number of nitrogens with zero attached hydrogens (tertiary/aromatic N) is 4. The summed E-state index contributed by atoms with van der Waals surface area (Å²) in [6.07, 6.45) is 9.34. The second-order valence-electron chi connectivity index (χ2n) is 7.25. The van der Waals surface area contributed by atoms with Crippen molar-refractivity contribution in [2.24, 2.45) is 5.41 Å². The second kappa shape index (κ2) is 6.79. The molecule has 7 heteroatoms. The maximum atomic E-state index is 14.2. The number of rotatable bonds is 5. The zero-order chi connectivity index (χ0) is 18.1. The average Bonchev–Trinajstić information content (AvgIpc) is 3.14. The fourth-order valence-corrected chi connectivity index (χ4v) is 4.19. The van der Waals surface area contributed by atoms with Crippen LogP contribution in [0.5, 0.6) is 0 Å². The van der Waals surface area contributed by atoms with Crippen molar-refractivity contribution in [2.75, 3.05) is 13.1 Å². The van der Waals surface area contributed by atoms with Gasteiger partial charge in [-0.2, -0.15) is 0 Å². The summed E-state index contributed by atoms with van der Waals surface area (Å²) in [4.78, 5) is 23.2. The first-order valence-electron chi connectivity index (χ1n) is 9.26. The van der Waals surface area contributed by atoms with Gasteiger partial charge in [0.1, 0.15) is 5.82 Å². The number of halogens is 1. The van der Waals surface area contributed by atoms with Crippen molar-refractivity contribution in [1.82, 2.24) is 24.8 Å². The molecule has 4 rings (SSSR count). The van der Waals surface area contributed by atoms with Gasteiger partial charge in [-0.25, -0.2) is 9.37 Å². The van der Waals surface area contributed by atoms with E-state index in [1.807, 2.05) is 22.6 Å². The Kier molecular flexibility index (Phi) is 4.48. The van der Waals surface area contributed by atoms with Crippen molar-refractivity contribution in [3.05, 3.63) is 48.1 Å². The van der Waals surface area contributed by atoms with Gasteiger partial charge in [0.2, 0.25) is 0 Å². The van der Waals surface area contributed by atoms with Crippen molar-refractivity contribution >= 4 is 5.91 Å². The molecule has 2 aliphatic rings. The lowest BCUT2D eigenvalue weighted by Crippen LogP contribution is -2.40. The highest BCUT2D eigenvalue weighted by molar-refractivity contribution is 5.94. The molecule has 138 valence electrons. The van der Waals surface area contributed by atoms with Crippen LogP contribution in [0.25, 0.3) is 0 Å². The fourth-order valence-electron chi connectivity index (χ4n) is 4.19. The molecule has 1 amide bonds. The van der Waals surface area contributed by atoms with E-state index in [-0.39, 0.29) is 22.9 Å². The molecule has 2 fully saturated rings. The third-order valence-electron chi connectivity index (χ3n) is 5.84. The van der Waals surface area contributed by atoms with Crippen LogP contribution in [0.1, 0.15) is 42.4 Å². The largest absolute Gasteiger partial charge is 0.334 e. The standard InChI is InChI=1S/C19H24FN5O/c1-2-24-10-9-23-17(24)13-25(16-11-19(16)4-7-21-8-5-19)18(26)14-3-6-22-12-15(14)20/h3,6,9-10,12,16,21H,2,4-5,7-8,11,13H2,1H3. The van der Waals surface area contributed by atoms with E-state index in [1.165, 1.54) is 12.3 Å². The average molecular weight is 357 g/mol. The topological polar surface area (TPSA) is 63.1 Å². The van der Waals surface area contributed by atoms with Gasteiger partial charge in [0.05, 0.1) is 18.3 Å². The van der Waals surface area contributed by atoms with Gasteiger partial charge in [0.15, 0.2) is 5.82 Å². The number of nitrogens with one attached hydrogen (secondary N) is 1.